The highest BCUT2D eigenvalue weighted by atomic mass is 16.9. The Labute approximate surface area is 106 Å². The number of carbonyl (C=O) groups excluding carboxylic acids is 1. The van der Waals surface area contributed by atoms with Crippen molar-refractivity contribution in [3.63, 3.8) is 0 Å². The van der Waals surface area contributed by atoms with Crippen molar-refractivity contribution in [2.75, 3.05) is 6.61 Å². The first-order chi connectivity index (χ1) is 8.58. The summed E-state index contributed by atoms with van der Waals surface area (Å²) in [6.45, 7) is 0.0264. The van der Waals surface area contributed by atoms with E-state index in [0.29, 0.717) is 12.8 Å². The number of hydrogen-bond donors (Lipinski definition) is 1. The maximum absolute atomic E-state index is 11.5. The van der Waals surface area contributed by atoms with Crippen LogP contribution in [0.5, 0.6) is 0 Å². The Kier molecular flexibility index (Phi) is 6.42. The molecule has 0 aromatic carbocycles. The van der Waals surface area contributed by atoms with Crippen molar-refractivity contribution in [2.45, 2.75) is 57.1 Å². The predicted molar refractivity (Wildman–Crippen MR) is 63.1 cm³/mol. The minimum absolute atomic E-state index is 0.00711. The topological polar surface area (TPSA) is 105 Å². The van der Waals surface area contributed by atoms with Gasteiger partial charge in [-0.2, -0.15) is 0 Å². The van der Waals surface area contributed by atoms with Gasteiger partial charge in [0.15, 0.2) is 0 Å². The molecule has 0 aliphatic heterocycles. The van der Waals surface area contributed by atoms with Crippen LogP contribution in [0.4, 0.5) is 0 Å². The van der Waals surface area contributed by atoms with E-state index in [0.717, 1.165) is 25.7 Å². The Morgan fingerprint density at radius 2 is 1.94 bits per heavy atom. The highest BCUT2D eigenvalue weighted by molar-refractivity contribution is 5.69. The minimum Gasteiger partial charge on any atom is -0.462 e. The zero-order valence-corrected chi connectivity index (χ0v) is 10.4. The van der Waals surface area contributed by atoms with Crippen molar-refractivity contribution >= 4 is 5.97 Å². The molecule has 0 saturated heterocycles. The Morgan fingerprint density at radius 1 is 1.28 bits per heavy atom. The third-order valence-corrected chi connectivity index (χ3v) is 2.99. The number of carbonyl (C=O) groups is 1. The van der Waals surface area contributed by atoms with E-state index in [1.54, 1.807) is 0 Å². The first kappa shape index (κ1) is 14.7. The summed E-state index contributed by atoms with van der Waals surface area (Å²) in [6.07, 6.45) is 4.75. The van der Waals surface area contributed by atoms with Crippen LogP contribution in [-0.2, 0) is 14.4 Å². The molecule has 7 heteroatoms. The molecule has 0 spiro atoms. The first-order valence-corrected chi connectivity index (χ1v) is 6.30. The quantitative estimate of drug-likeness (QED) is 0.319. The van der Waals surface area contributed by atoms with Crippen molar-refractivity contribution in [2.24, 2.45) is 5.73 Å². The van der Waals surface area contributed by atoms with Gasteiger partial charge in [0.1, 0.15) is 6.10 Å². The molecule has 0 radical (unpaired) electrons. The number of hydrogen-bond acceptors (Lipinski definition) is 6. The molecule has 1 saturated carbocycles. The van der Waals surface area contributed by atoms with Crippen LogP contribution in [0, 0.1) is 10.1 Å². The van der Waals surface area contributed by atoms with Gasteiger partial charge in [0.05, 0.1) is 6.61 Å². The van der Waals surface area contributed by atoms with Crippen LogP contribution in [0.1, 0.15) is 44.9 Å². The molecular formula is C11H20N2O5. The lowest BCUT2D eigenvalue weighted by molar-refractivity contribution is -0.757. The largest absolute Gasteiger partial charge is 0.462 e. The minimum atomic E-state index is -0.830. The van der Waals surface area contributed by atoms with E-state index in [1.165, 1.54) is 0 Å². The number of nitrogens with two attached hydrogens (primary N) is 1. The lowest BCUT2D eigenvalue weighted by Crippen LogP contribution is -2.31. The Hall–Kier alpha value is -1.37. The third-order valence-electron chi connectivity index (χ3n) is 2.99. The van der Waals surface area contributed by atoms with Gasteiger partial charge < -0.3 is 15.3 Å². The second kappa shape index (κ2) is 7.86. The smallest absolute Gasteiger partial charge is 0.306 e. The molecule has 0 aromatic heterocycles. The molecule has 0 aromatic rings. The van der Waals surface area contributed by atoms with E-state index < -0.39 is 5.09 Å². The molecule has 0 heterocycles. The lowest BCUT2D eigenvalue weighted by Gasteiger charge is -2.25. The molecule has 0 atom stereocenters. The highest BCUT2D eigenvalue weighted by Crippen LogP contribution is 2.20. The number of rotatable bonds is 7. The number of nitrogens with zero attached hydrogens (tertiary/aromatic N) is 1. The van der Waals surface area contributed by atoms with Crippen LogP contribution in [0.15, 0.2) is 0 Å². The fraction of sp³-hybridized carbons (Fsp3) is 0.909. The summed E-state index contributed by atoms with van der Waals surface area (Å²) < 4.78 is 5.30. The van der Waals surface area contributed by atoms with Gasteiger partial charge in [-0.15, -0.1) is 10.1 Å². The van der Waals surface area contributed by atoms with E-state index in [4.69, 9.17) is 10.5 Å². The van der Waals surface area contributed by atoms with Gasteiger partial charge in [-0.25, -0.2) is 0 Å². The zero-order valence-electron chi connectivity index (χ0n) is 10.4. The summed E-state index contributed by atoms with van der Waals surface area (Å²) in [7, 11) is 0. The SMILES string of the molecule is NC1CCC(OC(=O)CCCCO[N+](=O)[O-])CC1. The van der Waals surface area contributed by atoms with Crippen molar-refractivity contribution in [1.29, 1.82) is 0 Å². The van der Waals surface area contributed by atoms with Crippen LogP contribution in [0.3, 0.4) is 0 Å². The van der Waals surface area contributed by atoms with E-state index in [9.17, 15) is 14.9 Å². The molecule has 1 aliphatic rings. The van der Waals surface area contributed by atoms with Gasteiger partial charge in [-0.3, -0.25) is 4.79 Å². The zero-order chi connectivity index (χ0) is 13.4. The van der Waals surface area contributed by atoms with Gasteiger partial charge >= 0.3 is 5.97 Å². The standard InChI is InChI=1S/C11H20N2O5/c12-9-4-6-10(7-5-9)18-11(14)3-1-2-8-17-13(15)16/h9-10H,1-8,12H2. The van der Waals surface area contributed by atoms with Crippen LogP contribution < -0.4 is 5.73 Å². The summed E-state index contributed by atoms with van der Waals surface area (Å²) >= 11 is 0. The van der Waals surface area contributed by atoms with Crippen molar-refractivity contribution in [1.82, 2.24) is 0 Å². The molecule has 18 heavy (non-hydrogen) atoms. The van der Waals surface area contributed by atoms with Crippen LogP contribution in [-0.4, -0.2) is 29.8 Å². The first-order valence-electron chi connectivity index (χ1n) is 6.30. The molecule has 0 unspecified atom stereocenters. The second-order valence-corrected chi connectivity index (χ2v) is 4.54. The fourth-order valence-corrected chi connectivity index (χ4v) is 1.96. The summed E-state index contributed by atoms with van der Waals surface area (Å²) in [4.78, 5) is 25.5. The molecule has 1 rings (SSSR count). The van der Waals surface area contributed by atoms with Crippen molar-refractivity contribution < 1.29 is 19.5 Å². The van der Waals surface area contributed by atoms with Gasteiger partial charge in [0, 0.05) is 12.5 Å². The lowest BCUT2D eigenvalue weighted by atomic mass is 9.94. The average molecular weight is 260 g/mol. The van der Waals surface area contributed by atoms with Gasteiger partial charge in [0.25, 0.3) is 5.09 Å². The maximum Gasteiger partial charge on any atom is 0.306 e. The number of unbranched alkanes of at least 4 members (excludes halogenated alkanes) is 1. The van der Waals surface area contributed by atoms with Crippen LogP contribution in [0.25, 0.3) is 0 Å². The molecular weight excluding hydrogens is 240 g/mol. The molecule has 0 bridgehead atoms. The van der Waals surface area contributed by atoms with Crippen molar-refractivity contribution in [3.8, 4) is 0 Å². The average Bonchev–Trinajstić information content (AvgIpc) is 2.31. The fourth-order valence-electron chi connectivity index (χ4n) is 1.96. The molecule has 1 fully saturated rings. The summed E-state index contributed by atoms with van der Waals surface area (Å²) in [5, 5.41) is 9.04. The predicted octanol–water partition coefficient (Wildman–Crippen LogP) is 1.18. The molecule has 2 N–H and O–H groups in total. The Bertz CT molecular complexity index is 277. The maximum atomic E-state index is 11.5. The van der Waals surface area contributed by atoms with Gasteiger partial charge in [-0.05, 0) is 38.5 Å². The normalized spacial score (nSPS) is 23.4. The van der Waals surface area contributed by atoms with Crippen LogP contribution >= 0.6 is 0 Å². The molecule has 1 aliphatic carbocycles. The van der Waals surface area contributed by atoms with Crippen molar-refractivity contribution in [3.05, 3.63) is 10.1 Å². The van der Waals surface area contributed by atoms with E-state index in [2.05, 4.69) is 4.84 Å². The molecule has 0 amide bonds. The number of esters is 1. The Morgan fingerprint density at radius 3 is 2.56 bits per heavy atom. The summed E-state index contributed by atoms with van der Waals surface area (Å²) in [6, 6.07) is 0.235. The molecule has 104 valence electrons. The second-order valence-electron chi connectivity index (χ2n) is 4.54. The molecule has 7 nitrogen and oxygen atoms in total. The van der Waals surface area contributed by atoms with Crippen LogP contribution in [0.2, 0.25) is 0 Å². The Balaban J connectivity index is 2.01. The monoisotopic (exact) mass is 260 g/mol. The van der Waals surface area contributed by atoms with Gasteiger partial charge in [0.2, 0.25) is 0 Å². The summed E-state index contributed by atoms with van der Waals surface area (Å²) in [5.74, 6) is -0.239. The van der Waals surface area contributed by atoms with Gasteiger partial charge in [-0.1, -0.05) is 0 Å². The van der Waals surface area contributed by atoms with E-state index >= 15 is 0 Å². The number of ether oxygens (including phenoxy) is 1. The van der Waals surface area contributed by atoms with E-state index in [-0.39, 0.29) is 31.1 Å². The highest BCUT2D eigenvalue weighted by Gasteiger charge is 2.21. The summed E-state index contributed by atoms with van der Waals surface area (Å²) in [5.41, 5.74) is 5.76. The van der Waals surface area contributed by atoms with E-state index in [1.807, 2.05) is 0 Å². The third kappa shape index (κ3) is 6.39.